The summed E-state index contributed by atoms with van der Waals surface area (Å²) in [6.45, 7) is 6.70. The molecule has 0 saturated carbocycles. The number of fused-ring (bicyclic) bond motifs is 1. The van der Waals surface area contributed by atoms with E-state index in [4.69, 9.17) is 4.74 Å². The molecule has 1 fully saturated rings. The first kappa shape index (κ1) is 23.9. The van der Waals surface area contributed by atoms with Gasteiger partial charge in [-0.25, -0.2) is 27.6 Å². The van der Waals surface area contributed by atoms with E-state index < -0.39 is 21.3 Å². The highest BCUT2D eigenvalue weighted by Gasteiger charge is 2.28. The second-order valence-corrected chi connectivity index (χ2v) is 11.4. The van der Waals surface area contributed by atoms with E-state index in [-0.39, 0.29) is 22.7 Å². The highest BCUT2D eigenvalue weighted by molar-refractivity contribution is 7.90. The fourth-order valence-corrected chi connectivity index (χ4v) is 4.61. The van der Waals surface area contributed by atoms with Crippen LogP contribution in [0.2, 0.25) is 0 Å². The lowest BCUT2D eigenvalue weighted by Crippen LogP contribution is -2.42. The normalized spacial score (nSPS) is 15.5. The molecule has 0 atom stereocenters. The number of carbonyl (C=O) groups excluding carboxylic acids is 1. The predicted molar refractivity (Wildman–Crippen MR) is 126 cm³/mol. The third-order valence-electron chi connectivity index (χ3n) is 5.64. The van der Waals surface area contributed by atoms with Crippen LogP contribution in [0, 0.1) is 5.82 Å². The number of hydrogen-bond acceptors (Lipinski definition) is 7. The van der Waals surface area contributed by atoms with E-state index in [2.05, 4.69) is 19.9 Å². The van der Waals surface area contributed by atoms with Crippen molar-refractivity contribution in [2.24, 2.45) is 0 Å². The summed E-state index contributed by atoms with van der Waals surface area (Å²) < 4.78 is 45.4. The number of nitrogens with zero attached hydrogens (tertiary/aromatic N) is 4. The summed E-state index contributed by atoms with van der Waals surface area (Å²) in [4.78, 5) is 22.7. The topological polar surface area (TPSA) is 106 Å². The van der Waals surface area contributed by atoms with Crippen LogP contribution in [0.5, 0.6) is 0 Å². The van der Waals surface area contributed by atoms with Crippen molar-refractivity contribution in [3.05, 3.63) is 42.6 Å². The zero-order chi connectivity index (χ0) is 24.7. The van der Waals surface area contributed by atoms with E-state index in [9.17, 15) is 17.6 Å². The number of amides is 1. The molecule has 1 aliphatic rings. The monoisotopic (exact) mass is 489 g/mol. The molecule has 0 aliphatic carbocycles. The molecule has 2 aromatic heterocycles. The third-order valence-corrected chi connectivity index (χ3v) is 6.75. The quantitative estimate of drug-likeness (QED) is 0.583. The standard InChI is InChI=1S/C23H28FN5O4S/c1-23(2,3)33-22(30)28-10-7-15(8-11-28)29-12-9-17-20(25-14-26-21(17)29)27-19-6-5-16(13-18(19)24)34(4,31)32/h5-6,9,12-15H,7-8,10-11H2,1-4H3,(H,25,26,27). The van der Waals surface area contributed by atoms with Crippen LogP contribution >= 0.6 is 0 Å². The summed E-state index contributed by atoms with van der Waals surface area (Å²) in [6, 6.07) is 5.72. The van der Waals surface area contributed by atoms with Crippen molar-refractivity contribution in [1.82, 2.24) is 19.4 Å². The van der Waals surface area contributed by atoms with Crippen LogP contribution in [-0.4, -0.2) is 58.9 Å². The van der Waals surface area contributed by atoms with Gasteiger partial charge in [0.05, 0.1) is 16.0 Å². The lowest BCUT2D eigenvalue weighted by molar-refractivity contribution is 0.0189. The minimum Gasteiger partial charge on any atom is -0.444 e. The summed E-state index contributed by atoms with van der Waals surface area (Å²) in [5.41, 5.74) is 0.280. The Morgan fingerprint density at radius 1 is 1.18 bits per heavy atom. The van der Waals surface area contributed by atoms with Crippen LogP contribution in [0.25, 0.3) is 11.0 Å². The van der Waals surface area contributed by atoms with Crippen LogP contribution in [0.1, 0.15) is 39.7 Å². The van der Waals surface area contributed by atoms with Gasteiger partial charge < -0.3 is 19.5 Å². The van der Waals surface area contributed by atoms with E-state index in [1.165, 1.54) is 18.5 Å². The number of aromatic nitrogens is 3. The maximum atomic E-state index is 14.5. The van der Waals surface area contributed by atoms with Crippen LogP contribution in [0.4, 0.5) is 20.7 Å². The Balaban J connectivity index is 1.51. The van der Waals surface area contributed by atoms with E-state index in [1.807, 2.05) is 33.0 Å². The number of ether oxygens (including phenoxy) is 1. The van der Waals surface area contributed by atoms with Gasteiger partial charge in [0, 0.05) is 31.6 Å². The molecular weight excluding hydrogens is 461 g/mol. The smallest absolute Gasteiger partial charge is 0.410 e. The van der Waals surface area contributed by atoms with E-state index in [0.717, 1.165) is 25.2 Å². The molecule has 11 heteroatoms. The van der Waals surface area contributed by atoms with Gasteiger partial charge in [-0.05, 0) is 57.9 Å². The number of benzene rings is 1. The minimum atomic E-state index is -3.51. The Morgan fingerprint density at radius 2 is 1.88 bits per heavy atom. The molecule has 3 aromatic rings. The summed E-state index contributed by atoms with van der Waals surface area (Å²) in [5.74, 6) is -0.274. The Bertz CT molecular complexity index is 1320. The maximum Gasteiger partial charge on any atom is 0.410 e. The summed E-state index contributed by atoms with van der Waals surface area (Å²) in [6.07, 6.45) is 5.54. The number of likely N-dealkylation sites (tertiary alicyclic amines) is 1. The zero-order valence-corrected chi connectivity index (χ0v) is 20.4. The molecule has 1 N–H and O–H groups in total. The van der Waals surface area contributed by atoms with Gasteiger partial charge in [0.25, 0.3) is 0 Å². The largest absolute Gasteiger partial charge is 0.444 e. The van der Waals surface area contributed by atoms with E-state index >= 15 is 0 Å². The Morgan fingerprint density at radius 3 is 2.50 bits per heavy atom. The average Bonchev–Trinajstić information content (AvgIpc) is 3.18. The number of nitrogens with one attached hydrogen (secondary N) is 1. The van der Waals surface area contributed by atoms with Crippen LogP contribution in [-0.2, 0) is 14.6 Å². The third kappa shape index (κ3) is 5.14. The molecule has 4 rings (SSSR count). The highest BCUT2D eigenvalue weighted by Crippen LogP contribution is 2.31. The van der Waals surface area contributed by atoms with Gasteiger partial charge in [-0.2, -0.15) is 0 Å². The molecule has 0 bridgehead atoms. The number of halogens is 1. The van der Waals surface area contributed by atoms with Crippen molar-refractivity contribution < 1.29 is 22.3 Å². The zero-order valence-electron chi connectivity index (χ0n) is 19.6. The van der Waals surface area contributed by atoms with Crippen molar-refractivity contribution in [1.29, 1.82) is 0 Å². The summed E-state index contributed by atoms with van der Waals surface area (Å²) in [7, 11) is -3.51. The van der Waals surface area contributed by atoms with Gasteiger partial charge in [-0.15, -0.1) is 0 Å². The molecule has 182 valence electrons. The van der Waals surface area contributed by atoms with E-state index in [0.29, 0.717) is 29.9 Å². The van der Waals surface area contributed by atoms with E-state index in [1.54, 1.807) is 4.90 Å². The molecular formula is C23H28FN5O4S. The number of piperidine rings is 1. The minimum absolute atomic E-state index is 0.0905. The molecule has 0 unspecified atom stereocenters. The molecule has 0 radical (unpaired) electrons. The van der Waals surface area contributed by atoms with Gasteiger partial charge in [0.1, 0.15) is 29.2 Å². The van der Waals surface area contributed by atoms with Crippen molar-refractivity contribution >= 4 is 38.5 Å². The van der Waals surface area contributed by atoms with Crippen LogP contribution in [0.3, 0.4) is 0 Å². The van der Waals surface area contributed by atoms with Gasteiger partial charge in [-0.1, -0.05) is 0 Å². The second kappa shape index (κ2) is 8.86. The van der Waals surface area contributed by atoms with Crippen molar-refractivity contribution in [3.8, 4) is 0 Å². The first-order valence-corrected chi connectivity index (χ1v) is 12.9. The predicted octanol–water partition coefficient (Wildman–Crippen LogP) is 4.29. The molecule has 9 nitrogen and oxygen atoms in total. The number of carbonyl (C=O) groups is 1. The lowest BCUT2D eigenvalue weighted by atomic mass is 10.1. The second-order valence-electron chi connectivity index (χ2n) is 9.42. The Kier molecular flexibility index (Phi) is 6.24. The summed E-state index contributed by atoms with van der Waals surface area (Å²) >= 11 is 0. The first-order valence-electron chi connectivity index (χ1n) is 11.0. The fraction of sp³-hybridized carbons (Fsp3) is 0.435. The van der Waals surface area contributed by atoms with Gasteiger partial charge >= 0.3 is 6.09 Å². The van der Waals surface area contributed by atoms with Crippen molar-refractivity contribution in [2.75, 3.05) is 24.7 Å². The SMILES string of the molecule is CC(C)(C)OC(=O)N1CCC(n2ccc3c(Nc4ccc(S(C)(=O)=O)cc4F)ncnc32)CC1. The Hall–Kier alpha value is -3.21. The molecule has 1 amide bonds. The summed E-state index contributed by atoms with van der Waals surface area (Å²) in [5, 5.41) is 3.66. The van der Waals surface area contributed by atoms with Gasteiger partial charge in [-0.3, -0.25) is 0 Å². The van der Waals surface area contributed by atoms with Gasteiger partial charge in [0.2, 0.25) is 0 Å². The maximum absolute atomic E-state index is 14.5. The highest BCUT2D eigenvalue weighted by atomic mass is 32.2. The molecule has 1 saturated heterocycles. The molecule has 0 spiro atoms. The number of anilines is 2. The van der Waals surface area contributed by atoms with Crippen molar-refractivity contribution in [3.63, 3.8) is 0 Å². The first-order chi connectivity index (χ1) is 15.9. The van der Waals surface area contributed by atoms with Crippen LogP contribution in [0.15, 0.2) is 41.7 Å². The van der Waals surface area contributed by atoms with Crippen molar-refractivity contribution in [2.45, 2.75) is 50.2 Å². The van der Waals surface area contributed by atoms with Gasteiger partial charge in [0.15, 0.2) is 9.84 Å². The van der Waals surface area contributed by atoms with Crippen LogP contribution < -0.4 is 5.32 Å². The number of sulfone groups is 1. The lowest BCUT2D eigenvalue weighted by Gasteiger charge is -2.34. The number of rotatable bonds is 4. The average molecular weight is 490 g/mol. The molecule has 34 heavy (non-hydrogen) atoms. The molecule has 1 aromatic carbocycles. The fourth-order valence-electron chi connectivity index (χ4n) is 3.97. The molecule has 1 aliphatic heterocycles. The molecule has 3 heterocycles. The number of hydrogen-bond donors (Lipinski definition) is 1. The Labute approximate surface area is 197 Å².